The molecule has 1 saturated heterocycles. The van der Waals surface area contributed by atoms with Gasteiger partial charge in [0.05, 0.1) is 0 Å². The van der Waals surface area contributed by atoms with Crippen LogP contribution in [0.2, 0.25) is 0 Å². The number of fused-ring (bicyclic) bond motifs is 8. The average Bonchev–Trinajstić information content (AvgIpc) is 3.44. The maximum Gasteiger partial charge on any atom is 0.118 e. The highest BCUT2D eigenvalue weighted by atomic mass is 16.6. The Balaban J connectivity index is 1.72. The van der Waals surface area contributed by atoms with Crippen molar-refractivity contribution in [3.8, 4) is 0 Å². The maximum atomic E-state index is 10.4. The first-order chi connectivity index (χ1) is 12.2. The maximum absolute atomic E-state index is 10.4. The second kappa shape index (κ2) is 4.58. The highest BCUT2D eigenvalue weighted by molar-refractivity contribution is 6.12. The van der Waals surface area contributed by atoms with Crippen LogP contribution in [0.15, 0.2) is 60.7 Å². The highest BCUT2D eigenvalue weighted by Gasteiger charge is 2.54. The molecular weight excluding hydrogens is 312 g/mol. The van der Waals surface area contributed by atoms with E-state index in [4.69, 9.17) is 4.74 Å². The second-order valence-electron chi connectivity index (χ2n) is 7.11. The van der Waals surface area contributed by atoms with E-state index in [1.807, 2.05) is 12.1 Å². The van der Waals surface area contributed by atoms with Gasteiger partial charge in [0, 0.05) is 0 Å². The van der Waals surface area contributed by atoms with E-state index in [2.05, 4.69) is 48.5 Å². The van der Waals surface area contributed by atoms with Gasteiger partial charge in [0.25, 0.3) is 0 Å². The fourth-order valence-corrected chi connectivity index (χ4v) is 4.42. The second-order valence-corrected chi connectivity index (χ2v) is 7.11. The molecule has 1 aliphatic heterocycles. The van der Waals surface area contributed by atoms with Crippen molar-refractivity contribution in [1.29, 1.82) is 0 Å². The van der Waals surface area contributed by atoms with Crippen molar-refractivity contribution < 1.29 is 14.9 Å². The molecule has 2 N–H and O–H groups in total. The van der Waals surface area contributed by atoms with Crippen LogP contribution in [0.4, 0.5) is 0 Å². The third kappa shape index (κ3) is 1.75. The minimum atomic E-state index is -0.879. The fourth-order valence-electron chi connectivity index (χ4n) is 4.42. The molecule has 0 aromatic heterocycles. The first-order valence-corrected chi connectivity index (χ1v) is 8.62. The summed E-state index contributed by atoms with van der Waals surface area (Å²) in [6.07, 6.45) is -2.09. The molecule has 122 valence electrons. The SMILES string of the molecule is OC1c2ccc3cc4c(ccc5ccccc54)cc3c2C2OC2C1O. The molecule has 1 fully saturated rings. The molecule has 0 radical (unpaired) electrons. The minimum absolute atomic E-state index is 0.102. The third-order valence-corrected chi connectivity index (χ3v) is 5.75. The van der Waals surface area contributed by atoms with Crippen molar-refractivity contribution in [3.63, 3.8) is 0 Å². The summed E-state index contributed by atoms with van der Waals surface area (Å²) in [5.74, 6) is 0. The van der Waals surface area contributed by atoms with Crippen LogP contribution in [0.5, 0.6) is 0 Å². The largest absolute Gasteiger partial charge is 0.387 e. The summed E-state index contributed by atoms with van der Waals surface area (Å²) in [5, 5.41) is 27.7. The molecular formula is C22H16O3. The Labute approximate surface area is 144 Å². The molecule has 0 spiro atoms. The number of ether oxygens (including phenoxy) is 1. The molecule has 0 bridgehead atoms. The standard InChI is InChI=1S/C22H16O3/c23-19-15-8-7-13-9-16-12(6-5-11-3-1-2-4-14(11)16)10-17(13)18(15)21-22(25-21)20(19)24/h1-10,19-24H. The lowest BCUT2D eigenvalue weighted by atomic mass is 9.83. The monoisotopic (exact) mass is 328 g/mol. The third-order valence-electron chi connectivity index (χ3n) is 5.75. The summed E-state index contributed by atoms with van der Waals surface area (Å²) < 4.78 is 5.67. The van der Waals surface area contributed by atoms with Crippen LogP contribution in [0.1, 0.15) is 23.3 Å². The number of rotatable bonds is 0. The van der Waals surface area contributed by atoms with Crippen molar-refractivity contribution in [3.05, 3.63) is 71.8 Å². The van der Waals surface area contributed by atoms with Crippen LogP contribution in [0.25, 0.3) is 32.3 Å². The number of aliphatic hydroxyl groups excluding tert-OH is 2. The van der Waals surface area contributed by atoms with Crippen LogP contribution in [-0.2, 0) is 4.74 Å². The lowest BCUT2D eigenvalue weighted by Gasteiger charge is -2.24. The van der Waals surface area contributed by atoms with Crippen LogP contribution in [0, 0.1) is 0 Å². The molecule has 4 unspecified atom stereocenters. The van der Waals surface area contributed by atoms with Gasteiger partial charge in [-0.3, -0.25) is 0 Å². The van der Waals surface area contributed by atoms with Gasteiger partial charge in [-0.1, -0.05) is 48.5 Å². The smallest absolute Gasteiger partial charge is 0.118 e. The molecule has 1 aliphatic carbocycles. The summed E-state index contributed by atoms with van der Waals surface area (Å²) in [4.78, 5) is 0. The van der Waals surface area contributed by atoms with E-state index < -0.39 is 12.2 Å². The van der Waals surface area contributed by atoms with Crippen LogP contribution in [0.3, 0.4) is 0 Å². The summed E-state index contributed by atoms with van der Waals surface area (Å²) in [5.41, 5.74) is 1.83. The Kier molecular flexibility index (Phi) is 2.53. The van der Waals surface area contributed by atoms with Crippen molar-refractivity contribution in [1.82, 2.24) is 0 Å². The number of hydrogen-bond acceptors (Lipinski definition) is 3. The highest BCUT2D eigenvalue weighted by Crippen LogP contribution is 2.53. The average molecular weight is 328 g/mol. The normalized spacial score (nSPS) is 27.4. The topological polar surface area (TPSA) is 53.0 Å². The lowest BCUT2D eigenvalue weighted by Crippen LogP contribution is -2.29. The van der Waals surface area contributed by atoms with E-state index in [0.29, 0.717) is 0 Å². The van der Waals surface area contributed by atoms with Crippen molar-refractivity contribution in [2.24, 2.45) is 0 Å². The Morgan fingerprint density at radius 2 is 1.44 bits per heavy atom. The first kappa shape index (κ1) is 13.8. The van der Waals surface area contributed by atoms with E-state index in [1.54, 1.807) is 0 Å². The number of hydrogen-bond donors (Lipinski definition) is 2. The summed E-state index contributed by atoms with van der Waals surface area (Å²) in [6.45, 7) is 0. The van der Waals surface area contributed by atoms with Crippen molar-refractivity contribution in [2.45, 2.75) is 24.4 Å². The van der Waals surface area contributed by atoms with Gasteiger partial charge in [-0.25, -0.2) is 0 Å². The fraction of sp³-hybridized carbons (Fsp3) is 0.182. The van der Waals surface area contributed by atoms with Crippen LogP contribution in [-0.4, -0.2) is 22.4 Å². The minimum Gasteiger partial charge on any atom is -0.387 e. The molecule has 2 aliphatic rings. The first-order valence-electron chi connectivity index (χ1n) is 8.62. The lowest BCUT2D eigenvalue weighted by molar-refractivity contribution is 0.000106. The summed E-state index contributed by atoms with van der Waals surface area (Å²) >= 11 is 0. The Morgan fingerprint density at radius 3 is 2.36 bits per heavy atom. The van der Waals surface area contributed by atoms with Gasteiger partial charge in [-0.2, -0.15) is 0 Å². The quantitative estimate of drug-likeness (QED) is 0.291. The molecule has 4 aromatic carbocycles. The van der Waals surface area contributed by atoms with Gasteiger partial charge in [0.2, 0.25) is 0 Å². The van der Waals surface area contributed by atoms with Gasteiger partial charge in [0.1, 0.15) is 24.4 Å². The predicted octanol–water partition coefficient (Wildman–Crippen LogP) is 3.99. The molecule has 3 nitrogen and oxygen atoms in total. The van der Waals surface area contributed by atoms with Gasteiger partial charge >= 0.3 is 0 Å². The van der Waals surface area contributed by atoms with Gasteiger partial charge in [0.15, 0.2) is 0 Å². The Morgan fingerprint density at radius 1 is 0.720 bits per heavy atom. The van der Waals surface area contributed by atoms with E-state index in [-0.39, 0.29) is 12.2 Å². The number of epoxide rings is 1. The van der Waals surface area contributed by atoms with E-state index in [9.17, 15) is 10.2 Å². The summed E-state index contributed by atoms with van der Waals surface area (Å²) in [6, 6.07) is 21.1. The zero-order valence-electron chi connectivity index (χ0n) is 13.4. The molecule has 4 atom stereocenters. The molecule has 1 heterocycles. The Bertz CT molecular complexity index is 1180. The van der Waals surface area contributed by atoms with Crippen molar-refractivity contribution in [2.75, 3.05) is 0 Å². The molecule has 3 heteroatoms. The number of aliphatic hydroxyl groups is 2. The molecule has 6 rings (SSSR count). The van der Waals surface area contributed by atoms with Gasteiger partial charge in [-0.05, 0) is 55.6 Å². The van der Waals surface area contributed by atoms with E-state index in [1.165, 1.54) is 21.5 Å². The zero-order valence-corrected chi connectivity index (χ0v) is 13.4. The van der Waals surface area contributed by atoms with Crippen LogP contribution < -0.4 is 0 Å². The summed E-state index contributed by atoms with van der Waals surface area (Å²) in [7, 11) is 0. The zero-order chi connectivity index (χ0) is 16.7. The predicted molar refractivity (Wildman–Crippen MR) is 97.5 cm³/mol. The van der Waals surface area contributed by atoms with E-state index in [0.717, 1.165) is 21.9 Å². The van der Waals surface area contributed by atoms with Crippen molar-refractivity contribution >= 4 is 32.3 Å². The van der Waals surface area contributed by atoms with Crippen LogP contribution >= 0.6 is 0 Å². The van der Waals surface area contributed by atoms with Gasteiger partial charge < -0.3 is 14.9 Å². The molecule has 4 aromatic rings. The molecule has 0 amide bonds. The molecule has 25 heavy (non-hydrogen) atoms. The van der Waals surface area contributed by atoms with Gasteiger partial charge in [-0.15, -0.1) is 0 Å². The molecule has 0 saturated carbocycles. The van der Waals surface area contributed by atoms with E-state index >= 15 is 0 Å². The number of benzene rings is 4. The Hall–Kier alpha value is -2.46.